The van der Waals surface area contributed by atoms with Gasteiger partial charge in [0.15, 0.2) is 0 Å². The molecule has 0 spiro atoms. The number of ether oxygens (including phenoxy) is 1. The van der Waals surface area contributed by atoms with Gasteiger partial charge in [0.2, 0.25) is 0 Å². The summed E-state index contributed by atoms with van der Waals surface area (Å²) < 4.78 is 6.41. The molecule has 3 rings (SSSR count). The molecule has 1 atom stereocenters. The highest BCUT2D eigenvalue weighted by Crippen LogP contribution is 2.18. The highest BCUT2D eigenvalue weighted by molar-refractivity contribution is 14.1. The highest BCUT2D eigenvalue weighted by atomic mass is 127. The highest BCUT2D eigenvalue weighted by Gasteiger charge is 2.23. The van der Waals surface area contributed by atoms with Crippen molar-refractivity contribution in [3.05, 3.63) is 57.7 Å². The fourth-order valence-corrected chi connectivity index (χ4v) is 3.06. The zero-order valence-electron chi connectivity index (χ0n) is 12.9. The normalized spacial score (nSPS) is 16.6. The van der Waals surface area contributed by atoms with Crippen LogP contribution < -0.4 is 10.6 Å². The van der Waals surface area contributed by atoms with E-state index in [0.717, 1.165) is 22.1 Å². The smallest absolute Gasteiger partial charge is 0.255 e. The number of benzene rings is 2. The molecule has 1 fully saturated rings. The van der Waals surface area contributed by atoms with Crippen molar-refractivity contribution in [2.24, 2.45) is 0 Å². The van der Waals surface area contributed by atoms with Gasteiger partial charge in [-0.25, -0.2) is 0 Å². The molecule has 0 aliphatic carbocycles. The molecule has 2 aromatic carbocycles. The Kier molecular flexibility index (Phi) is 5.47. The van der Waals surface area contributed by atoms with Gasteiger partial charge >= 0.3 is 0 Å². The second-order valence-corrected chi connectivity index (χ2v) is 6.78. The average molecular weight is 436 g/mol. The number of anilines is 2. The van der Waals surface area contributed by atoms with Gasteiger partial charge in [-0.05, 0) is 71.8 Å². The van der Waals surface area contributed by atoms with Crippen LogP contribution >= 0.6 is 22.6 Å². The number of amides is 2. The molecule has 0 bridgehead atoms. The van der Waals surface area contributed by atoms with E-state index in [4.69, 9.17) is 4.74 Å². The summed E-state index contributed by atoms with van der Waals surface area (Å²) in [6, 6.07) is 14.4. The Labute approximate surface area is 153 Å². The molecule has 2 N–H and O–H groups in total. The Morgan fingerprint density at radius 2 is 1.79 bits per heavy atom. The predicted octanol–water partition coefficient (Wildman–Crippen LogP) is 3.66. The molecule has 2 amide bonds. The van der Waals surface area contributed by atoms with Crippen molar-refractivity contribution in [1.82, 2.24) is 0 Å². The SMILES string of the molecule is O=C(Nc1cccc(I)c1)c1cccc(NC(=O)[C@H]2CCCO2)c1. The summed E-state index contributed by atoms with van der Waals surface area (Å²) >= 11 is 2.19. The summed E-state index contributed by atoms with van der Waals surface area (Å²) in [4.78, 5) is 24.5. The maximum atomic E-state index is 12.4. The largest absolute Gasteiger partial charge is 0.368 e. The predicted molar refractivity (Wildman–Crippen MR) is 101 cm³/mol. The van der Waals surface area contributed by atoms with E-state index >= 15 is 0 Å². The van der Waals surface area contributed by atoms with E-state index < -0.39 is 6.10 Å². The molecule has 0 saturated carbocycles. The number of rotatable bonds is 4. The first-order valence-corrected chi connectivity index (χ1v) is 8.79. The number of halogens is 1. The summed E-state index contributed by atoms with van der Waals surface area (Å²) in [6.45, 7) is 0.621. The lowest BCUT2D eigenvalue weighted by atomic mass is 10.1. The molecular weight excluding hydrogens is 419 g/mol. The van der Waals surface area contributed by atoms with Gasteiger partial charge in [-0.2, -0.15) is 0 Å². The van der Waals surface area contributed by atoms with Gasteiger partial charge in [-0.15, -0.1) is 0 Å². The third-order valence-electron chi connectivity index (χ3n) is 3.70. The van der Waals surface area contributed by atoms with Gasteiger partial charge in [-0.3, -0.25) is 9.59 Å². The van der Waals surface area contributed by atoms with Crippen molar-refractivity contribution < 1.29 is 14.3 Å². The lowest BCUT2D eigenvalue weighted by molar-refractivity contribution is -0.124. The van der Waals surface area contributed by atoms with E-state index in [2.05, 4.69) is 33.2 Å². The van der Waals surface area contributed by atoms with Crippen molar-refractivity contribution in [2.45, 2.75) is 18.9 Å². The Balaban J connectivity index is 1.67. The standard InChI is InChI=1S/C18H17IN2O3/c19-13-5-2-7-15(11-13)20-17(22)12-4-1-6-14(10-12)21-18(23)16-8-3-9-24-16/h1-2,4-7,10-11,16H,3,8-9H2,(H,20,22)(H,21,23)/t16-/m1/s1. The van der Waals surface area contributed by atoms with E-state index in [1.807, 2.05) is 24.3 Å². The molecule has 0 aromatic heterocycles. The van der Waals surface area contributed by atoms with E-state index in [0.29, 0.717) is 17.9 Å². The van der Waals surface area contributed by atoms with Crippen molar-refractivity contribution in [3.63, 3.8) is 0 Å². The number of carbonyl (C=O) groups is 2. The third-order valence-corrected chi connectivity index (χ3v) is 4.37. The number of nitrogens with one attached hydrogen (secondary N) is 2. The molecule has 6 heteroatoms. The minimum atomic E-state index is -0.395. The minimum Gasteiger partial charge on any atom is -0.368 e. The Hall–Kier alpha value is -1.93. The molecule has 1 heterocycles. The minimum absolute atomic E-state index is 0.164. The van der Waals surface area contributed by atoms with Gasteiger partial charge in [-0.1, -0.05) is 12.1 Å². The first kappa shape index (κ1) is 16.9. The van der Waals surface area contributed by atoms with Crippen molar-refractivity contribution in [3.8, 4) is 0 Å². The number of hydrogen-bond acceptors (Lipinski definition) is 3. The second-order valence-electron chi connectivity index (χ2n) is 5.54. The molecule has 0 unspecified atom stereocenters. The summed E-state index contributed by atoms with van der Waals surface area (Å²) in [5.41, 5.74) is 1.81. The van der Waals surface area contributed by atoms with Gasteiger partial charge in [0.25, 0.3) is 11.8 Å². The maximum Gasteiger partial charge on any atom is 0.255 e. The van der Waals surface area contributed by atoms with Crippen LogP contribution in [0.25, 0.3) is 0 Å². The molecule has 1 saturated heterocycles. The van der Waals surface area contributed by atoms with Crippen LogP contribution in [0, 0.1) is 3.57 Å². The molecule has 2 aromatic rings. The van der Waals surface area contributed by atoms with Gasteiger partial charge in [0.05, 0.1) is 0 Å². The zero-order chi connectivity index (χ0) is 16.9. The molecular formula is C18H17IN2O3. The first-order chi connectivity index (χ1) is 11.6. The van der Waals surface area contributed by atoms with Crippen LogP contribution in [0.2, 0.25) is 0 Å². The van der Waals surface area contributed by atoms with Crippen molar-refractivity contribution >= 4 is 45.8 Å². The average Bonchev–Trinajstić information content (AvgIpc) is 3.10. The van der Waals surface area contributed by atoms with Gasteiger partial charge in [0.1, 0.15) is 6.10 Å². The third kappa shape index (κ3) is 4.33. The Morgan fingerprint density at radius 1 is 1.04 bits per heavy atom. The molecule has 1 aliphatic rings. The van der Waals surface area contributed by atoms with Crippen LogP contribution in [0.3, 0.4) is 0 Å². The van der Waals surface area contributed by atoms with Crippen LogP contribution in [0.15, 0.2) is 48.5 Å². The Morgan fingerprint density at radius 3 is 2.50 bits per heavy atom. The second kappa shape index (κ2) is 7.76. The number of hydrogen-bond donors (Lipinski definition) is 2. The monoisotopic (exact) mass is 436 g/mol. The molecule has 5 nitrogen and oxygen atoms in total. The fraction of sp³-hybridized carbons (Fsp3) is 0.222. The van der Waals surface area contributed by atoms with Crippen LogP contribution in [0.4, 0.5) is 11.4 Å². The van der Waals surface area contributed by atoms with E-state index in [9.17, 15) is 9.59 Å². The number of carbonyl (C=O) groups excluding carboxylic acids is 2. The van der Waals surface area contributed by atoms with Crippen LogP contribution in [0.5, 0.6) is 0 Å². The summed E-state index contributed by atoms with van der Waals surface area (Å²) in [5.74, 6) is -0.382. The quantitative estimate of drug-likeness (QED) is 0.720. The Bertz CT molecular complexity index is 757. The lowest BCUT2D eigenvalue weighted by Crippen LogP contribution is -2.27. The van der Waals surface area contributed by atoms with Crippen molar-refractivity contribution in [2.75, 3.05) is 17.2 Å². The topological polar surface area (TPSA) is 67.4 Å². The van der Waals surface area contributed by atoms with Crippen LogP contribution in [0.1, 0.15) is 23.2 Å². The zero-order valence-corrected chi connectivity index (χ0v) is 15.1. The van der Waals surface area contributed by atoms with Crippen LogP contribution in [-0.2, 0) is 9.53 Å². The maximum absolute atomic E-state index is 12.4. The molecule has 124 valence electrons. The summed E-state index contributed by atoms with van der Waals surface area (Å²) in [5, 5.41) is 5.66. The fourth-order valence-electron chi connectivity index (χ4n) is 2.51. The summed E-state index contributed by atoms with van der Waals surface area (Å²) in [6.07, 6.45) is 1.24. The van der Waals surface area contributed by atoms with Gasteiger partial charge < -0.3 is 15.4 Å². The molecule has 0 radical (unpaired) electrons. The lowest BCUT2D eigenvalue weighted by Gasteiger charge is -2.11. The van der Waals surface area contributed by atoms with E-state index in [-0.39, 0.29) is 11.8 Å². The first-order valence-electron chi connectivity index (χ1n) is 7.71. The molecule has 1 aliphatic heterocycles. The summed E-state index contributed by atoms with van der Waals surface area (Å²) in [7, 11) is 0. The van der Waals surface area contributed by atoms with E-state index in [1.165, 1.54) is 0 Å². The van der Waals surface area contributed by atoms with Crippen LogP contribution in [-0.4, -0.2) is 24.5 Å². The van der Waals surface area contributed by atoms with Gasteiger partial charge in [0, 0.05) is 27.1 Å². The van der Waals surface area contributed by atoms with Crippen molar-refractivity contribution in [1.29, 1.82) is 0 Å². The van der Waals surface area contributed by atoms with E-state index in [1.54, 1.807) is 24.3 Å². The molecule has 24 heavy (non-hydrogen) atoms.